The van der Waals surface area contributed by atoms with Crippen LogP contribution >= 0.6 is 11.6 Å². The van der Waals surface area contributed by atoms with Crippen LogP contribution in [0.15, 0.2) is 70.7 Å². The van der Waals surface area contributed by atoms with Gasteiger partial charge in [-0.25, -0.2) is 13.8 Å². The van der Waals surface area contributed by atoms with Gasteiger partial charge in [-0.05, 0) is 48.0 Å². The average molecular weight is 561 g/mol. The lowest BCUT2D eigenvalue weighted by atomic mass is 10.2. The minimum absolute atomic E-state index is 0.0770. The van der Waals surface area contributed by atoms with Crippen LogP contribution in [0.2, 0.25) is 5.02 Å². The number of ether oxygens (including phenoxy) is 3. The number of carbonyl (C=O) groups excluding carboxylic acids is 1. The van der Waals surface area contributed by atoms with Gasteiger partial charge >= 0.3 is 0 Å². The second-order valence-corrected chi connectivity index (χ2v) is 10.4. The van der Waals surface area contributed by atoms with Crippen molar-refractivity contribution >= 4 is 45.1 Å². The number of anilines is 2. The van der Waals surface area contributed by atoms with Crippen LogP contribution in [0.4, 0.5) is 11.4 Å². The minimum Gasteiger partial charge on any atom is -0.495 e. The van der Waals surface area contributed by atoms with E-state index in [9.17, 15) is 13.2 Å². The summed E-state index contributed by atoms with van der Waals surface area (Å²) in [6.07, 6.45) is 1.46. The second-order valence-electron chi connectivity index (χ2n) is 8.12. The Labute approximate surface area is 227 Å². The number of hydrogen-bond acceptors (Lipinski definition) is 8. The third-order valence-corrected chi connectivity index (χ3v) is 7.44. The maximum Gasteiger partial charge on any atom is 0.265 e. The molecule has 202 valence electrons. The van der Waals surface area contributed by atoms with E-state index >= 15 is 0 Å². The van der Waals surface area contributed by atoms with E-state index in [0.717, 1.165) is 15.6 Å². The Hall–Kier alpha value is -3.96. The first-order valence-electron chi connectivity index (χ1n) is 11.3. The smallest absolute Gasteiger partial charge is 0.265 e. The van der Waals surface area contributed by atoms with Gasteiger partial charge < -0.3 is 19.1 Å². The van der Waals surface area contributed by atoms with Crippen LogP contribution in [0, 0.1) is 0 Å². The van der Waals surface area contributed by atoms with E-state index in [4.69, 9.17) is 25.8 Å². The van der Waals surface area contributed by atoms with Crippen molar-refractivity contribution in [1.29, 1.82) is 0 Å². The van der Waals surface area contributed by atoms with Gasteiger partial charge in [0, 0.05) is 30.9 Å². The van der Waals surface area contributed by atoms with Crippen molar-refractivity contribution < 1.29 is 27.4 Å². The normalized spacial score (nSPS) is 11.2. The van der Waals surface area contributed by atoms with Gasteiger partial charge in [0.05, 0.1) is 38.1 Å². The van der Waals surface area contributed by atoms with E-state index < -0.39 is 22.5 Å². The van der Waals surface area contributed by atoms with Crippen molar-refractivity contribution in [1.82, 2.24) is 5.43 Å². The lowest BCUT2D eigenvalue weighted by Gasteiger charge is -2.25. The number of halogens is 1. The van der Waals surface area contributed by atoms with Crippen LogP contribution in [0.5, 0.6) is 17.2 Å². The standard InChI is InChI=1S/C26H29ClN4O6S/c1-30(2)20-9-6-18(7-10-20)16-28-29-26(32)17-31(22-14-19(27)8-12-23(22)35-3)38(33,34)21-11-13-24(36-4)25(15-21)37-5/h6-16H,17H2,1-5H3,(H,29,32)/b28-16-. The molecule has 0 bridgehead atoms. The predicted octanol–water partition coefficient (Wildman–Crippen LogP) is 3.78. The largest absolute Gasteiger partial charge is 0.495 e. The Bertz CT molecular complexity index is 1410. The highest BCUT2D eigenvalue weighted by Gasteiger charge is 2.30. The number of hydrogen-bond donors (Lipinski definition) is 1. The number of benzene rings is 3. The lowest BCUT2D eigenvalue weighted by Crippen LogP contribution is -2.39. The number of hydrazone groups is 1. The van der Waals surface area contributed by atoms with E-state index in [1.165, 1.54) is 57.9 Å². The van der Waals surface area contributed by atoms with Gasteiger partial charge in [-0.3, -0.25) is 9.10 Å². The molecule has 0 spiro atoms. The van der Waals surface area contributed by atoms with Gasteiger partial charge in [-0.1, -0.05) is 23.7 Å². The van der Waals surface area contributed by atoms with Crippen LogP contribution in [0.25, 0.3) is 0 Å². The molecule has 12 heteroatoms. The predicted molar refractivity (Wildman–Crippen MR) is 149 cm³/mol. The van der Waals surface area contributed by atoms with Crippen LogP contribution in [0.1, 0.15) is 5.56 Å². The molecule has 1 amide bonds. The molecule has 0 saturated carbocycles. The Morgan fingerprint density at radius 3 is 2.16 bits per heavy atom. The average Bonchev–Trinajstić information content (AvgIpc) is 2.91. The molecule has 0 aliphatic rings. The molecule has 0 aliphatic carbocycles. The Balaban J connectivity index is 1.93. The molecule has 0 aromatic heterocycles. The summed E-state index contributed by atoms with van der Waals surface area (Å²) in [4.78, 5) is 14.7. The Morgan fingerprint density at radius 1 is 0.921 bits per heavy atom. The summed E-state index contributed by atoms with van der Waals surface area (Å²) in [6, 6.07) is 16.1. The van der Waals surface area contributed by atoms with Crippen molar-refractivity contribution in [2.45, 2.75) is 4.90 Å². The molecule has 0 heterocycles. The number of rotatable bonds is 11. The summed E-state index contributed by atoms with van der Waals surface area (Å²) in [7, 11) is 3.78. The van der Waals surface area contributed by atoms with Crippen molar-refractivity contribution in [2.75, 3.05) is 51.2 Å². The summed E-state index contributed by atoms with van der Waals surface area (Å²) in [5.41, 5.74) is 4.22. The van der Waals surface area contributed by atoms with Crippen molar-refractivity contribution in [3.63, 3.8) is 0 Å². The first-order chi connectivity index (χ1) is 18.1. The van der Waals surface area contributed by atoms with E-state index in [1.807, 2.05) is 43.3 Å². The zero-order chi connectivity index (χ0) is 27.9. The van der Waals surface area contributed by atoms with Gasteiger partial charge in [-0.2, -0.15) is 5.10 Å². The molecule has 38 heavy (non-hydrogen) atoms. The van der Waals surface area contributed by atoms with Gasteiger partial charge in [0.1, 0.15) is 12.3 Å². The molecular weight excluding hydrogens is 532 g/mol. The summed E-state index contributed by atoms with van der Waals surface area (Å²) in [6.45, 7) is -0.607. The number of sulfonamides is 1. The van der Waals surface area contributed by atoms with Crippen LogP contribution in [-0.2, 0) is 14.8 Å². The number of amides is 1. The van der Waals surface area contributed by atoms with Crippen molar-refractivity contribution in [2.24, 2.45) is 5.10 Å². The number of carbonyl (C=O) groups is 1. The molecule has 0 saturated heterocycles. The van der Waals surface area contributed by atoms with Gasteiger partial charge in [-0.15, -0.1) is 0 Å². The molecule has 0 radical (unpaired) electrons. The Morgan fingerprint density at radius 2 is 1.55 bits per heavy atom. The third-order valence-electron chi connectivity index (χ3n) is 5.45. The summed E-state index contributed by atoms with van der Waals surface area (Å²) in [5.74, 6) is 0.0814. The first kappa shape index (κ1) is 28.6. The summed E-state index contributed by atoms with van der Waals surface area (Å²) >= 11 is 6.18. The second kappa shape index (κ2) is 12.5. The first-order valence-corrected chi connectivity index (χ1v) is 13.1. The van der Waals surface area contributed by atoms with Gasteiger partial charge in [0.15, 0.2) is 11.5 Å². The molecular formula is C26H29ClN4O6S. The lowest BCUT2D eigenvalue weighted by molar-refractivity contribution is -0.119. The van der Waals surface area contributed by atoms with Gasteiger partial charge in [0.25, 0.3) is 15.9 Å². The monoisotopic (exact) mass is 560 g/mol. The zero-order valence-corrected chi connectivity index (χ0v) is 23.2. The maximum atomic E-state index is 13.8. The molecule has 1 N–H and O–H groups in total. The number of nitrogens with zero attached hydrogens (tertiary/aromatic N) is 3. The molecule has 0 fully saturated rings. The molecule has 3 rings (SSSR count). The SMILES string of the molecule is COc1ccc(S(=O)(=O)N(CC(=O)N/N=C\c2ccc(N(C)C)cc2)c2cc(Cl)ccc2OC)cc1OC. The van der Waals surface area contributed by atoms with Crippen LogP contribution < -0.4 is 28.8 Å². The zero-order valence-electron chi connectivity index (χ0n) is 21.6. The number of methoxy groups -OCH3 is 3. The van der Waals surface area contributed by atoms with Crippen molar-refractivity contribution in [3.8, 4) is 17.2 Å². The highest BCUT2D eigenvalue weighted by atomic mass is 35.5. The fraction of sp³-hybridized carbons (Fsp3) is 0.231. The number of nitrogens with one attached hydrogen (secondary N) is 1. The summed E-state index contributed by atoms with van der Waals surface area (Å²) < 4.78 is 44.4. The van der Waals surface area contributed by atoms with Crippen LogP contribution in [0.3, 0.4) is 0 Å². The highest BCUT2D eigenvalue weighted by molar-refractivity contribution is 7.92. The quantitative estimate of drug-likeness (QED) is 0.281. The summed E-state index contributed by atoms with van der Waals surface area (Å²) in [5, 5.41) is 4.23. The molecule has 0 aliphatic heterocycles. The fourth-order valence-corrected chi connectivity index (χ4v) is 5.07. The van der Waals surface area contributed by atoms with E-state index in [-0.39, 0.29) is 27.1 Å². The fourth-order valence-electron chi connectivity index (χ4n) is 3.47. The molecule has 0 unspecified atom stereocenters. The minimum atomic E-state index is -4.30. The molecule has 10 nitrogen and oxygen atoms in total. The maximum absolute atomic E-state index is 13.8. The molecule has 3 aromatic carbocycles. The van der Waals surface area contributed by atoms with Crippen molar-refractivity contribution in [3.05, 3.63) is 71.2 Å². The van der Waals surface area contributed by atoms with E-state index in [2.05, 4.69) is 10.5 Å². The molecule has 3 aromatic rings. The Kier molecular flexibility index (Phi) is 9.43. The highest BCUT2D eigenvalue weighted by Crippen LogP contribution is 2.36. The van der Waals surface area contributed by atoms with E-state index in [1.54, 1.807) is 6.07 Å². The molecule has 0 atom stereocenters. The van der Waals surface area contributed by atoms with Crippen LogP contribution in [-0.4, -0.2) is 62.5 Å². The van der Waals surface area contributed by atoms with Gasteiger partial charge in [0.2, 0.25) is 0 Å². The third kappa shape index (κ3) is 6.67. The topological polar surface area (TPSA) is 110 Å². The van der Waals surface area contributed by atoms with E-state index in [0.29, 0.717) is 5.75 Å².